The Hall–Kier alpha value is -3.56. The Labute approximate surface area is 311 Å². The summed E-state index contributed by atoms with van der Waals surface area (Å²) in [6.07, 6.45) is 1.72. The number of benzene rings is 2. The van der Waals surface area contributed by atoms with Gasteiger partial charge < -0.3 is 15.5 Å². The molecule has 50 heavy (non-hydrogen) atoms. The average Bonchev–Trinajstić information content (AvgIpc) is 3.26. The van der Waals surface area contributed by atoms with Gasteiger partial charge in [0, 0.05) is 5.02 Å². The number of aromatic nitrogens is 2. The first-order valence-electron chi connectivity index (χ1n) is 16.3. The Bertz CT molecular complexity index is 2080. The highest BCUT2D eigenvalue weighted by molar-refractivity contribution is 14.1. The number of fused-ring (bicyclic) bond motifs is 1. The number of carbonyl (C=O) groups excluding carboxylic acids is 2. The van der Waals surface area contributed by atoms with Crippen molar-refractivity contribution in [2.24, 2.45) is 34.5 Å². The van der Waals surface area contributed by atoms with Gasteiger partial charge in [0.15, 0.2) is 11.4 Å². The summed E-state index contributed by atoms with van der Waals surface area (Å²) in [5.41, 5.74) is 5.60. The molecule has 11 nitrogen and oxygen atoms in total. The van der Waals surface area contributed by atoms with Crippen molar-refractivity contribution in [2.45, 2.75) is 61.3 Å². The zero-order valence-electron chi connectivity index (χ0n) is 29.1. The van der Waals surface area contributed by atoms with Gasteiger partial charge in [-0.2, -0.15) is 8.42 Å². The molecule has 2 atom stereocenters. The highest BCUT2D eigenvalue weighted by Gasteiger charge is 2.50. The average molecular weight is 836 g/mol. The lowest BCUT2D eigenvalue weighted by Crippen LogP contribution is -2.48. The molecule has 0 spiro atoms. The van der Waals surface area contributed by atoms with Crippen LogP contribution in [0.5, 0.6) is 5.75 Å². The van der Waals surface area contributed by atoms with Crippen LogP contribution >= 0.6 is 34.2 Å². The summed E-state index contributed by atoms with van der Waals surface area (Å²) in [4.78, 5) is 45.0. The molecule has 1 amide bonds. The second-order valence-electron chi connectivity index (χ2n) is 15.3. The topological polar surface area (TPSA) is 165 Å². The van der Waals surface area contributed by atoms with E-state index in [1.807, 2.05) is 27.3 Å². The number of anilines is 2. The fourth-order valence-electron chi connectivity index (χ4n) is 7.11. The molecule has 1 aliphatic rings. The fraction of sp³-hybridized carbons (Fsp3) is 0.417. The number of rotatable bonds is 7. The summed E-state index contributed by atoms with van der Waals surface area (Å²) in [5.74, 6) is -2.02. The first-order chi connectivity index (χ1) is 23.2. The number of aromatic amines is 1. The van der Waals surface area contributed by atoms with Gasteiger partial charge in [0.2, 0.25) is 0 Å². The van der Waals surface area contributed by atoms with Crippen LogP contribution in [0.3, 0.4) is 0 Å². The second kappa shape index (κ2) is 13.9. The molecule has 2 aromatic carbocycles. The summed E-state index contributed by atoms with van der Waals surface area (Å²) in [5, 5.41) is 0.480. The first-order valence-corrected chi connectivity index (χ1v) is 19.3. The SMILES string of the molecule is CC1CC(C(C)(C)C)C(C(=O)Oc2c(-c3ccc(Cl)cc3)c(I)n3c(=O)c(C(=O)NS(=O)(=O)Nc4ccccc4)c(N)[nH]c23)C(C(C)(C)C)C1. The normalized spacial score (nSPS) is 20.0. The number of nitrogens with zero attached hydrogens (tertiary/aromatic N) is 1. The molecule has 5 N–H and O–H groups in total. The van der Waals surface area contributed by atoms with E-state index in [9.17, 15) is 22.8 Å². The third kappa shape index (κ3) is 7.69. The van der Waals surface area contributed by atoms with Crippen molar-refractivity contribution in [2.75, 3.05) is 10.5 Å². The standard InChI is InChI=1S/C36H43ClIN5O6S/c1-19-17-23(35(2,3)4)26(24(18-19)36(5,6)7)34(46)49-28-25(20-13-15-21(37)16-14-20)29(38)43-31(28)40-30(39)27(33(43)45)32(44)42-50(47,48)41-22-11-9-8-10-12-22/h8-16,19,23-24,26,40-41H,17-18,39H2,1-7H3,(H,42,44). The van der Waals surface area contributed by atoms with Crippen LogP contribution in [0, 0.1) is 38.2 Å². The van der Waals surface area contributed by atoms with E-state index in [2.05, 4.69) is 58.2 Å². The van der Waals surface area contributed by atoms with Crippen LogP contribution in [0.2, 0.25) is 5.02 Å². The Morgan fingerprint density at radius 3 is 2.08 bits per heavy atom. The van der Waals surface area contributed by atoms with Crippen LogP contribution in [0.4, 0.5) is 11.5 Å². The number of para-hydroxylation sites is 1. The van der Waals surface area contributed by atoms with Gasteiger partial charge in [-0.3, -0.25) is 23.5 Å². The zero-order chi connectivity index (χ0) is 36.9. The number of hydrogen-bond acceptors (Lipinski definition) is 7. The third-order valence-electron chi connectivity index (χ3n) is 9.50. The van der Waals surface area contributed by atoms with E-state index in [-0.39, 0.29) is 39.7 Å². The quantitative estimate of drug-likeness (QED) is 0.111. The molecule has 0 bridgehead atoms. The van der Waals surface area contributed by atoms with Crippen LogP contribution in [-0.2, 0) is 15.0 Å². The van der Waals surface area contributed by atoms with Crippen molar-refractivity contribution in [3.05, 3.63) is 79.2 Å². The maximum absolute atomic E-state index is 14.6. The molecule has 2 unspecified atom stereocenters. The fourth-order valence-corrected chi connectivity index (χ4v) is 9.09. The maximum Gasteiger partial charge on any atom is 0.323 e. The summed E-state index contributed by atoms with van der Waals surface area (Å²) in [6, 6.07) is 14.8. The number of amides is 1. The Kier molecular flexibility index (Phi) is 10.5. The zero-order valence-corrected chi connectivity index (χ0v) is 32.8. The molecule has 0 aliphatic heterocycles. The van der Waals surface area contributed by atoms with Gasteiger partial charge >= 0.3 is 16.2 Å². The van der Waals surface area contributed by atoms with Crippen molar-refractivity contribution in [3.63, 3.8) is 0 Å². The number of esters is 1. The van der Waals surface area contributed by atoms with Crippen molar-refractivity contribution in [1.29, 1.82) is 0 Å². The maximum atomic E-state index is 14.6. The number of nitrogens with one attached hydrogen (secondary N) is 3. The van der Waals surface area contributed by atoms with Crippen molar-refractivity contribution in [1.82, 2.24) is 14.1 Å². The molecular weight excluding hydrogens is 793 g/mol. The first kappa shape index (κ1) is 37.7. The molecule has 0 radical (unpaired) electrons. The molecule has 0 saturated heterocycles. The lowest BCUT2D eigenvalue weighted by Gasteiger charge is -2.49. The molecule has 2 heterocycles. The van der Waals surface area contributed by atoms with E-state index in [4.69, 9.17) is 22.1 Å². The Balaban J connectivity index is 1.65. The van der Waals surface area contributed by atoms with Gasteiger partial charge in [0.1, 0.15) is 15.1 Å². The van der Waals surface area contributed by atoms with Gasteiger partial charge in [-0.05, 0) is 93.8 Å². The van der Waals surface area contributed by atoms with E-state index in [0.717, 1.165) is 12.8 Å². The number of ether oxygens (including phenoxy) is 1. The van der Waals surface area contributed by atoms with E-state index >= 15 is 0 Å². The molecule has 1 saturated carbocycles. The molecule has 14 heteroatoms. The minimum absolute atomic E-state index is 0.0146. The number of nitrogen functional groups attached to an aromatic ring is 1. The number of nitrogens with two attached hydrogens (primary N) is 1. The summed E-state index contributed by atoms with van der Waals surface area (Å²) >= 11 is 8.16. The van der Waals surface area contributed by atoms with E-state index in [0.29, 0.717) is 25.8 Å². The smallest absolute Gasteiger partial charge is 0.323 e. The third-order valence-corrected chi connectivity index (χ3v) is 11.7. The minimum Gasteiger partial charge on any atom is -0.422 e. The van der Waals surface area contributed by atoms with Gasteiger partial charge in [-0.25, -0.2) is 4.72 Å². The van der Waals surface area contributed by atoms with E-state index in [1.165, 1.54) is 16.5 Å². The van der Waals surface area contributed by atoms with E-state index in [1.54, 1.807) is 42.5 Å². The number of hydrogen-bond donors (Lipinski definition) is 4. The van der Waals surface area contributed by atoms with Gasteiger partial charge in [-0.1, -0.05) is 90.4 Å². The summed E-state index contributed by atoms with van der Waals surface area (Å²) in [7, 11) is -4.45. The van der Waals surface area contributed by atoms with Crippen LogP contribution in [-0.4, -0.2) is 29.7 Å². The molecule has 1 fully saturated rings. The van der Waals surface area contributed by atoms with Gasteiger partial charge in [0.05, 0.1) is 17.2 Å². The van der Waals surface area contributed by atoms with Crippen molar-refractivity contribution >= 4 is 73.4 Å². The molecule has 2 aromatic heterocycles. The summed E-state index contributed by atoms with van der Waals surface area (Å²) < 4.78 is 37.6. The minimum atomic E-state index is -4.45. The largest absolute Gasteiger partial charge is 0.422 e. The molecule has 4 aromatic rings. The number of halogens is 2. The second-order valence-corrected chi connectivity index (χ2v) is 18.1. The van der Waals surface area contributed by atoms with Gasteiger partial charge in [-0.15, -0.1) is 0 Å². The Morgan fingerprint density at radius 2 is 1.54 bits per heavy atom. The number of H-pyrrole nitrogens is 1. The van der Waals surface area contributed by atoms with Crippen molar-refractivity contribution in [3.8, 4) is 16.9 Å². The van der Waals surface area contributed by atoms with E-state index < -0.39 is 44.9 Å². The lowest BCUT2D eigenvalue weighted by molar-refractivity contribution is -0.152. The predicted octanol–water partition coefficient (Wildman–Crippen LogP) is 7.50. The molecule has 1 aliphatic carbocycles. The molecule has 268 valence electrons. The highest BCUT2D eigenvalue weighted by Crippen LogP contribution is 2.53. The number of carbonyl (C=O) groups is 2. The van der Waals surface area contributed by atoms with Crippen LogP contribution in [0.1, 0.15) is 71.7 Å². The van der Waals surface area contributed by atoms with Crippen molar-refractivity contribution < 1.29 is 22.7 Å². The summed E-state index contributed by atoms with van der Waals surface area (Å²) in [6.45, 7) is 15.1. The monoisotopic (exact) mass is 835 g/mol. The highest BCUT2D eigenvalue weighted by atomic mass is 127. The Morgan fingerprint density at radius 1 is 0.980 bits per heavy atom. The van der Waals surface area contributed by atoms with Gasteiger partial charge in [0.25, 0.3) is 11.5 Å². The molecular formula is C36H43ClIN5O6S. The predicted molar refractivity (Wildman–Crippen MR) is 205 cm³/mol. The molecule has 5 rings (SSSR count). The van der Waals surface area contributed by atoms with Crippen LogP contribution < -0.4 is 25.5 Å². The van der Waals surface area contributed by atoms with Crippen LogP contribution in [0.15, 0.2) is 59.4 Å². The van der Waals surface area contributed by atoms with Crippen LogP contribution in [0.25, 0.3) is 16.8 Å². The lowest BCUT2D eigenvalue weighted by atomic mass is 9.55.